The third kappa shape index (κ3) is 6.29. The van der Waals surface area contributed by atoms with Gasteiger partial charge in [-0.15, -0.1) is 0 Å². The van der Waals surface area contributed by atoms with Crippen molar-refractivity contribution in [1.29, 1.82) is 0 Å². The van der Waals surface area contributed by atoms with Crippen LogP contribution in [0.3, 0.4) is 0 Å². The second-order valence-corrected chi connectivity index (χ2v) is 9.61. The molecule has 0 fully saturated rings. The van der Waals surface area contributed by atoms with Gasteiger partial charge in [0.2, 0.25) is 0 Å². The van der Waals surface area contributed by atoms with Gasteiger partial charge in [0.15, 0.2) is 0 Å². The first kappa shape index (κ1) is 22.9. The smallest absolute Gasteiger partial charge is 0.0580 e. The number of nitrogens with one attached hydrogen (secondary N) is 4. The summed E-state index contributed by atoms with van der Waals surface area (Å²) in [5.41, 5.74) is 5.18. The molecule has 160 valence electrons. The molecule has 2 heterocycles. The van der Waals surface area contributed by atoms with Crippen molar-refractivity contribution in [2.75, 3.05) is 21.3 Å². The molecule has 0 bridgehead atoms. The Kier molecular flexibility index (Phi) is 7.06. The van der Waals surface area contributed by atoms with Crippen LogP contribution >= 0.6 is 0 Å². The van der Waals surface area contributed by atoms with Crippen LogP contribution in [-0.4, -0.2) is 28.6 Å². The minimum absolute atomic E-state index is 0. The summed E-state index contributed by atoms with van der Waals surface area (Å²) in [6.07, 6.45) is 2.25. The molecule has 4 rings (SSSR count). The van der Waals surface area contributed by atoms with Gasteiger partial charge in [-0.1, -0.05) is 24.3 Å². The van der Waals surface area contributed by atoms with E-state index in [1.54, 1.807) is 0 Å². The number of fused-ring (bicyclic) bond motifs is 2. The summed E-state index contributed by atoms with van der Waals surface area (Å²) in [5, 5.41) is 14.2. The standard InChI is InChI=1S/2C12H18N2.H2O/c2*1-9-8-12(2,3)14-11-7-5-4-6-10(11)13-9;/h2*4-7,9,13-14H,8H2,1-3H3;1H2/t2*9-;/m10./s1. The molecule has 5 heteroatoms. The Bertz CT molecular complexity index is 735. The van der Waals surface area contributed by atoms with Crippen molar-refractivity contribution in [3.8, 4) is 0 Å². The lowest BCUT2D eigenvalue weighted by atomic mass is 9.97. The molecule has 0 saturated carbocycles. The first-order chi connectivity index (χ1) is 13.1. The van der Waals surface area contributed by atoms with E-state index in [0.29, 0.717) is 12.1 Å². The number of hydrogen-bond donors (Lipinski definition) is 4. The number of benzene rings is 2. The molecule has 5 nitrogen and oxygen atoms in total. The largest absolute Gasteiger partial charge is 0.412 e. The molecule has 0 unspecified atom stereocenters. The molecule has 29 heavy (non-hydrogen) atoms. The first-order valence-corrected chi connectivity index (χ1v) is 10.4. The second kappa shape index (κ2) is 8.95. The van der Waals surface area contributed by atoms with Crippen molar-refractivity contribution in [2.24, 2.45) is 0 Å². The van der Waals surface area contributed by atoms with Crippen molar-refractivity contribution < 1.29 is 5.48 Å². The van der Waals surface area contributed by atoms with Gasteiger partial charge in [0.1, 0.15) is 0 Å². The summed E-state index contributed by atoms with van der Waals surface area (Å²) in [6, 6.07) is 17.8. The first-order valence-electron chi connectivity index (χ1n) is 10.4. The highest BCUT2D eigenvalue weighted by Crippen LogP contribution is 2.32. The van der Waals surface area contributed by atoms with Crippen molar-refractivity contribution in [1.82, 2.24) is 0 Å². The highest BCUT2D eigenvalue weighted by molar-refractivity contribution is 5.71. The van der Waals surface area contributed by atoms with E-state index in [9.17, 15) is 0 Å². The zero-order valence-electron chi connectivity index (χ0n) is 18.7. The minimum atomic E-state index is 0. The van der Waals surface area contributed by atoms with Gasteiger partial charge in [-0.25, -0.2) is 0 Å². The average molecular weight is 399 g/mol. The van der Waals surface area contributed by atoms with Crippen LogP contribution < -0.4 is 21.3 Å². The fourth-order valence-corrected chi connectivity index (χ4v) is 4.43. The van der Waals surface area contributed by atoms with Gasteiger partial charge in [0.25, 0.3) is 0 Å². The Hall–Kier alpha value is -2.40. The SMILES string of the molecule is C[C@@H]1CC(C)(C)Nc2ccccc2N1.C[C@H]1CC(C)(C)Nc2ccccc2N1.O. The molecule has 2 aliphatic rings. The van der Waals surface area contributed by atoms with Gasteiger partial charge >= 0.3 is 0 Å². The lowest BCUT2D eigenvalue weighted by Crippen LogP contribution is -2.33. The van der Waals surface area contributed by atoms with Gasteiger partial charge in [-0.3, -0.25) is 0 Å². The number of hydrogen-bond acceptors (Lipinski definition) is 4. The van der Waals surface area contributed by atoms with Crippen molar-refractivity contribution in [3.63, 3.8) is 0 Å². The summed E-state index contributed by atoms with van der Waals surface area (Å²) < 4.78 is 0. The molecule has 0 aromatic heterocycles. The molecule has 0 saturated heterocycles. The van der Waals surface area contributed by atoms with Gasteiger partial charge in [-0.2, -0.15) is 0 Å². The van der Waals surface area contributed by atoms with Gasteiger partial charge in [0.05, 0.1) is 22.7 Å². The summed E-state index contributed by atoms with van der Waals surface area (Å²) in [4.78, 5) is 0. The highest BCUT2D eigenvalue weighted by atomic mass is 16.0. The number of para-hydroxylation sites is 4. The molecule has 2 aromatic carbocycles. The molecule has 0 amide bonds. The van der Waals surface area contributed by atoms with Crippen LogP contribution in [0.4, 0.5) is 22.7 Å². The third-order valence-electron chi connectivity index (χ3n) is 5.24. The molecule has 0 aliphatic carbocycles. The molecule has 2 aromatic rings. The minimum Gasteiger partial charge on any atom is -0.412 e. The van der Waals surface area contributed by atoms with Crippen molar-refractivity contribution >= 4 is 22.7 Å². The molecular formula is C24H38N4O. The average Bonchev–Trinajstić information content (AvgIpc) is 2.77. The van der Waals surface area contributed by atoms with E-state index in [2.05, 4.69) is 111 Å². The number of anilines is 4. The van der Waals surface area contributed by atoms with E-state index in [4.69, 9.17) is 0 Å². The summed E-state index contributed by atoms with van der Waals surface area (Å²) in [7, 11) is 0. The van der Waals surface area contributed by atoms with Crippen LogP contribution in [-0.2, 0) is 0 Å². The van der Waals surface area contributed by atoms with E-state index >= 15 is 0 Å². The predicted molar refractivity (Wildman–Crippen MR) is 127 cm³/mol. The Morgan fingerprint density at radius 2 is 0.931 bits per heavy atom. The fraction of sp³-hybridized carbons (Fsp3) is 0.500. The van der Waals surface area contributed by atoms with E-state index < -0.39 is 0 Å². The van der Waals surface area contributed by atoms with Crippen LogP contribution in [0.15, 0.2) is 48.5 Å². The Morgan fingerprint density at radius 3 is 1.28 bits per heavy atom. The maximum Gasteiger partial charge on any atom is 0.0580 e. The van der Waals surface area contributed by atoms with E-state index in [0.717, 1.165) is 12.8 Å². The highest BCUT2D eigenvalue weighted by Gasteiger charge is 2.26. The van der Waals surface area contributed by atoms with Crippen LogP contribution in [0.2, 0.25) is 0 Å². The Balaban J connectivity index is 0.000000200. The van der Waals surface area contributed by atoms with E-state index in [1.165, 1.54) is 22.7 Å². The number of rotatable bonds is 0. The summed E-state index contributed by atoms with van der Waals surface area (Å²) in [5.74, 6) is 0. The zero-order chi connectivity index (χ0) is 20.4. The maximum absolute atomic E-state index is 3.57. The molecular weight excluding hydrogens is 360 g/mol. The van der Waals surface area contributed by atoms with Gasteiger partial charge in [0, 0.05) is 23.2 Å². The summed E-state index contributed by atoms with van der Waals surface area (Å²) >= 11 is 0. The van der Waals surface area contributed by atoms with Crippen molar-refractivity contribution in [3.05, 3.63) is 48.5 Å². The normalized spacial score (nSPS) is 23.2. The van der Waals surface area contributed by atoms with Crippen molar-refractivity contribution in [2.45, 2.75) is 77.5 Å². The fourth-order valence-electron chi connectivity index (χ4n) is 4.43. The molecule has 0 spiro atoms. The topological polar surface area (TPSA) is 79.6 Å². The lowest BCUT2D eigenvalue weighted by molar-refractivity contribution is 0.492. The second-order valence-electron chi connectivity index (χ2n) is 9.61. The lowest BCUT2D eigenvalue weighted by Gasteiger charge is -2.26. The molecule has 2 atom stereocenters. The monoisotopic (exact) mass is 398 g/mol. The quantitative estimate of drug-likeness (QED) is 0.483. The molecule has 2 aliphatic heterocycles. The Morgan fingerprint density at radius 1 is 0.621 bits per heavy atom. The molecule has 0 radical (unpaired) electrons. The van der Waals surface area contributed by atoms with E-state index in [-0.39, 0.29) is 16.6 Å². The molecule has 6 N–H and O–H groups in total. The third-order valence-corrected chi connectivity index (χ3v) is 5.24. The summed E-state index contributed by atoms with van der Waals surface area (Å²) in [6.45, 7) is 13.4. The predicted octanol–water partition coefficient (Wildman–Crippen LogP) is 5.34. The zero-order valence-corrected chi connectivity index (χ0v) is 18.7. The van der Waals surface area contributed by atoms with Crippen LogP contribution in [0.1, 0.15) is 54.4 Å². The van der Waals surface area contributed by atoms with Gasteiger partial charge in [-0.05, 0) is 78.6 Å². The Labute approximate surface area is 176 Å². The van der Waals surface area contributed by atoms with Crippen LogP contribution in [0.25, 0.3) is 0 Å². The van der Waals surface area contributed by atoms with Gasteiger partial charge < -0.3 is 26.7 Å². The van der Waals surface area contributed by atoms with Crippen LogP contribution in [0.5, 0.6) is 0 Å². The van der Waals surface area contributed by atoms with Crippen LogP contribution in [0, 0.1) is 0 Å². The maximum atomic E-state index is 3.57. The van der Waals surface area contributed by atoms with E-state index in [1.807, 2.05) is 0 Å².